The van der Waals surface area contributed by atoms with Crippen LogP contribution < -0.4 is 14.9 Å². The Morgan fingerprint density at radius 3 is 2.24 bits per heavy atom. The van der Waals surface area contributed by atoms with E-state index in [1.807, 2.05) is 11.3 Å². The number of fused-ring (bicyclic) bond motifs is 1. The lowest BCUT2D eigenvalue weighted by Gasteiger charge is -2.38. The number of pyridine rings is 1. The van der Waals surface area contributed by atoms with Crippen LogP contribution in [0.1, 0.15) is 41.0 Å². The fraction of sp³-hybridized carbons (Fsp3) is 0.619. The first-order chi connectivity index (χ1) is 15.4. The minimum absolute atomic E-state index is 0.0224. The Morgan fingerprint density at radius 2 is 1.76 bits per heavy atom. The van der Waals surface area contributed by atoms with Crippen LogP contribution in [0, 0.1) is 5.41 Å². The van der Waals surface area contributed by atoms with Crippen LogP contribution >= 0.6 is 0 Å². The monoisotopic (exact) mass is 505 g/mol. The number of nitrogens with one attached hydrogen (secondary N) is 2. The van der Waals surface area contributed by atoms with Gasteiger partial charge in [-0.25, -0.2) is 22.9 Å². The van der Waals surface area contributed by atoms with Crippen LogP contribution in [0.2, 0.25) is 0 Å². The van der Waals surface area contributed by atoms with Crippen molar-refractivity contribution in [2.75, 3.05) is 18.0 Å². The predicted molar refractivity (Wildman–Crippen MR) is 120 cm³/mol. The van der Waals surface area contributed by atoms with Crippen LogP contribution in [-0.4, -0.2) is 65.8 Å². The Balaban J connectivity index is 0.000000406. The zero-order valence-electron chi connectivity index (χ0n) is 19.6. The smallest absolute Gasteiger partial charge is 0.475 e. The summed E-state index contributed by atoms with van der Waals surface area (Å²) in [5.41, 5.74) is 1.42. The molecule has 13 heteroatoms. The first-order valence-electron chi connectivity index (χ1n) is 10.8. The minimum Gasteiger partial charge on any atom is -0.475 e. The highest BCUT2D eigenvalue weighted by molar-refractivity contribution is 7.89. The predicted octanol–water partition coefficient (Wildman–Crippen LogP) is 2.62. The van der Waals surface area contributed by atoms with Crippen molar-refractivity contribution in [3.05, 3.63) is 24.8 Å². The zero-order chi connectivity index (χ0) is 25.7. The number of nitrogens with zero attached hydrogens (tertiary/aromatic N) is 3. The van der Waals surface area contributed by atoms with Crippen molar-refractivity contribution in [3.8, 4) is 0 Å². The average molecular weight is 506 g/mol. The van der Waals surface area contributed by atoms with Crippen LogP contribution in [0.5, 0.6) is 0 Å². The van der Waals surface area contributed by atoms with E-state index in [0.29, 0.717) is 12.1 Å². The normalized spacial score (nSPS) is 26.6. The second kappa shape index (κ2) is 8.68. The molecule has 2 aromatic heterocycles. The van der Waals surface area contributed by atoms with Gasteiger partial charge >= 0.3 is 12.1 Å². The molecule has 1 aliphatic heterocycles. The summed E-state index contributed by atoms with van der Waals surface area (Å²) in [6.45, 7) is 12.1. The third-order valence-electron chi connectivity index (χ3n) is 6.45. The van der Waals surface area contributed by atoms with Gasteiger partial charge in [0.1, 0.15) is 4.90 Å². The third-order valence-corrected chi connectivity index (χ3v) is 8.01. The van der Waals surface area contributed by atoms with E-state index in [0.717, 1.165) is 30.7 Å². The number of alkyl halides is 3. The molecule has 2 aromatic rings. The first kappa shape index (κ1) is 26.2. The summed E-state index contributed by atoms with van der Waals surface area (Å²) >= 11 is 0. The molecule has 3 heterocycles. The van der Waals surface area contributed by atoms with Gasteiger partial charge in [-0.1, -0.05) is 13.8 Å². The summed E-state index contributed by atoms with van der Waals surface area (Å²) in [5, 5.41) is 10.6. The van der Waals surface area contributed by atoms with Crippen LogP contribution in [0.4, 0.5) is 18.9 Å². The Hall–Kier alpha value is -2.38. The number of sulfonamides is 1. The second-order valence-corrected chi connectivity index (χ2v) is 11.6. The van der Waals surface area contributed by atoms with Crippen molar-refractivity contribution in [2.24, 2.45) is 5.41 Å². The van der Waals surface area contributed by atoms with Crippen LogP contribution in [-0.2, 0) is 14.8 Å². The summed E-state index contributed by atoms with van der Waals surface area (Å²) in [6.07, 6.45) is 0.867. The molecule has 3 atom stereocenters. The van der Waals surface area contributed by atoms with Gasteiger partial charge in [-0.2, -0.15) is 13.2 Å². The van der Waals surface area contributed by atoms with Crippen molar-refractivity contribution in [2.45, 2.75) is 69.7 Å². The number of anilines is 1. The van der Waals surface area contributed by atoms with E-state index >= 15 is 0 Å². The summed E-state index contributed by atoms with van der Waals surface area (Å²) in [4.78, 5) is 15.7. The van der Waals surface area contributed by atoms with Crippen molar-refractivity contribution >= 4 is 27.2 Å². The molecule has 1 unspecified atom stereocenters. The van der Waals surface area contributed by atoms with E-state index in [1.54, 1.807) is 24.8 Å². The molecule has 0 spiro atoms. The molecule has 0 aromatic carbocycles. The Bertz CT molecular complexity index is 1170. The van der Waals surface area contributed by atoms with Crippen molar-refractivity contribution < 1.29 is 31.5 Å². The fourth-order valence-corrected chi connectivity index (χ4v) is 5.86. The van der Waals surface area contributed by atoms with E-state index in [1.165, 1.54) is 0 Å². The van der Waals surface area contributed by atoms with Crippen LogP contribution in [0.15, 0.2) is 29.7 Å². The van der Waals surface area contributed by atoms with E-state index in [4.69, 9.17) is 9.90 Å². The van der Waals surface area contributed by atoms with Crippen molar-refractivity contribution in [1.29, 1.82) is 0 Å². The van der Waals surface area contributed by atoms with Gasteiger partial charge in [0.15, 0.2) is 0 Å². The molecule has 190 valence electrons. The van der Waals surface area contributed by atoms with E-state index in [2.05, 4.69) is 47.6 Å². The van der Waals surface area contributed by atoms with Gasteiger partial charge in [0, 0.05) is 36.9 Å². The number of hydrogen-bond donors (Lipinski definition) is 3. The second-order valence-electron chi connectivity index (χ2n) is 9.92. The number of carboxylic acid groups (broad SMARTS) is 1. The van der Waals surface area contributed by atoms with Gasteiger partial charge in [-0.05, 0) is 38.7 Å². The topological polar surface area (TPSA) is 116 Å². The molecule has 9 nitrogen and oxygen atoms in total. The average Bonchev–Trinajstić information content (AvgIpc) is 3.01. The molecule has 1 saturated carbocycles. The first-order valence-corrected chi connectivity index (χ1v) is 12.2. The zero-order valence-corrected chi connectivity index (χ0v) is 20.5. The molecule has 2 fully saturated rings. The Kier molecular flexibility index (Phi) is 6.70. The van der Waals surface area contributed by atoms with Crippen molar-refractivity contribution in [3.63, 3.8) is 0 Å². The summed E-state index contributed by atoms with van der Waals surface area (Å²) < 4.78 is 62.7. The van der Waals surface area contributed by atoms with Gasteiger partial charge < -0.3 is 19.7 Å². The molecule has 1 aliphatic carbocycles. The molecular formula is C21H30F3N5O4S. The summed E-state index contributed by atoms with van der Waals surface area (Å²) in [7, 11) is -3.62. The summed E-state index contributed by atoms with van der Waals surface area (Å²) in [6, 6.07) is 2.46. The van der Waals surface area contributed by atoms with E-state index < -0.39 is 27.7 Å². The van der Waals surface area contributed by atoms with Gasteiger partial charge in [-0.3, -0.25) is 0 Å². The number of hydrogen-bond acceptors (Lipinski definition) is 6. The number of carboxylic acids is 1. The molecular weight excluding hydrogens is 475 g/mol. The third kappa shape index (κ3) is 5.47. The standard InChI is InChI=1S/C19H29N5O2S.C2HF3O2/c1-13-8-23(9-14(2)21-13)16-6-15(10-24-12-20-7-17(16)24)27(25,26)22-19(5)11-18(19,3)4;3-2(4,5)1(6)7/h6-7,10,12-14,21-22H,8-9,11H2,1-5H3;(H,6,7)/t13-,14-,19?;/m0./s1. The minimum atomic E-state index is -5.08. The number of aromatic nitrogens is 2. The van der Waals surface area contributed by atoms with Crippen molar-refractivity contribution in [1.82, 2.24) is 19.4 Å². The fourth-order valence-electron chi connectivity index (χ4n) is 4.28. The molecule has 4 rings (SSSR count). The number of carbonyl (C=O) groups is 1. The van der Waals surface area contributed by atoms with E-state index in [-0.39, 0.29) is 10.3 Å². The molecule has 0 bridgehead atoms. The Morgan fingerprint density at radius 1 is 1.24 bits per heavy atom. The number of rotatable bonds is 4. The lowest BCUT2D eigenvalue weighted by atomic mass is 10.1. The maximum absolute atomic E-state index is 13.1. The van der Waals surface area contributed by atoms with Gasteiger partial charge in [-0.15, -0.1) is 0 Å². The molecule has 34 heavy (non-hydrogen) atoms. The summed E-state index contributed by atoms with van der Waals surface area (Å²) in [5.74, 6) is -2.76. The van der Waals surface area contributed by atoms with Gasteiger partial charge in [0.2, 0.25) is 10.0 Å². The number of piperazine rings is 1. The quantitative estimate of drug-likeness (QED) is 0.585. The maximum Gasteiger partial charge on any atom is 0.490 e. The number of halogens is 3. The van der Waals surface area contributed by atoms with Crippen LogP contribution in [0.25, 0.3) is 5.52 Å². The highest BCUT2D eigenvalue weighted by Gasteiger charge is 2.59. The molecule has 1 saturated heterocycles. The largest absolute Gasteiger partial charge is 0.490 e. The lowest BCUT2D eigenvalue weighted by molar-refractivity contribution is -0.192. The highest BCUT2D eigenvalue weighted by Crippen LogP contribution is 2.55. The SMILES string of the molecule is C[C@H]1CN(c2cc(S(=O)(=O)NC3(C)CC3(C)C)cn3cncc23)C[C@H](C)N1.O=C(O)C(F)(F)F. The lowest BCUT2D eigenvalue weighted by Crippen LogP contribution is -2.54. The molecule has 0 amide bonds. The van der Waals surface area contributed by atoms with E-state index in [9.17, 15) is 21.6 Å². The molecule has 0 radical (unpaired) electrons. The Labute approximate surface area is 196 Å². The molecule has 3 N–H and O–H groups in total. The number of aliphatic carboxylic acids is 1. The van der Waals surface area contributed by atoms with Crippen LogP contribution in [0.3, 0.4) is 0 Å². The number of imidazole rings is 1. The van der Waals surface area contributed by atoms with Gasteiger partial charge in [0.05, 0.1) is 23.7 Å². The highest BCUT2D eigenvalue weighted by atomic mass is 32.2. The maximum atomic E-state index is 13.1. The molecule has 2 aliphatic rings. The van der Waals surface area contributed by atoms with Gasteiger partial charge in [0.25, 0.3) is 0 Å².